The summed E-state index contributed by atoms with van der Waals surface area (Å²) in [6.45, 7) is 0.851. The van der Waals surface area contributed by atoms with Crippen molar-refractivity contribution in [3.8, 4) is 11.8 Å². The summed E-state index contributed by atoms with van der Waals surface area (Å²) >= 11 is 5.65. The zero-order valence-electron chi connectivity index (χ0n) is 7.65. The Hall–Kier alpha value is -1.07. The fourth-order valence-electron chi connectivity index (χ4n) is 0.835. The molecular weight excluding hydrogens is 206 g/mol. The molecule has 0 heterocycles. The van der Waals surface area contributed by atoms with Gasteiger partial charge in [-0.1, -0.05) is 23.4 Å². The molecule has 0 aliphatic heterocycles. The van der Waals surface area contributed by atoms with Crippen molar-refractivity contribution in [1.29, 1.82) is 0 Å². The van der Waals surface area contributed by atoms with Gasteiger partial charge in [0.1, 0.15) is 0 Å². The summed E-state index contributed by atoms with van der Waals surface area (Å²) in [6.07, 6.45) is -0.421. The molecular formula is C11H9ClF2. The number of halogens is 3. The van der Waals surface area contributed by atoms with Crippen LogP contribution in [-0.2, 0) is 0 Å². The molecule has 0 aliphatic rings. The van der Waals surface area contributed by atoms with Gasteiger partial charge in [0.05, 0.1) is 6.42 Å². The summed E-state index contributed by atoms with van der Waals surface area (Å²) in [7, 11) is 0. The van der Waals surface area contributed by atoms with Crippen molar-refractivity contribution >= 4 is 11.6 Å². The second kappa shape index (κ2) is 4.43. The van der Waals surface area contributed by atoms with Gasteiger partial charge in [0.15, 0.2) is 0 Å². The fourth-order valence-corrected chi connectivity index (χ4v) is 0.961. The number of benzene rings is 1. The van der Waals surface area contributed by atoms with Crippen LogP contribution in [0.4, 0.5) is 8.78 Å². The second-order valence-corrected chi connectivity index (χ2v) is 3.49. The molecule has 0 aromatic heterocycles. The van der Waals surface area contributed by atoms with Gasteiger partial charge in [-0.05, 0) is 24.3 Å². The van der Waals surface area contributed by atoms with E-state index in [1.807, 2.05) is 0 Å². The first kappa shape index (κ1) is 11.0. The van der Waals surface area contributed by atoms with E-state index < -0.39 is 12.3 Å². The van der Waals surface area contributed by atoms with E-state index in [2.05, 4.69) is 11.8 Å². The molecule has 3 heteroatoms. The Kier molecular flexibility index (Phi) is 3.49. The predicted molar refractivity (Wildman–Crippen MR) is 53.6 cm³/mol. The molecule has 0 saturated carbocycles. The summed E-state index contributed by atoms with van der Waals surface area (Å²) in [5.41, 5.74) is 0.693. The molecule has 0 bridgehead atoms. The van der Waals surface area contributed by atoms with Crippen molar-refractivity contribution in [2.24, 2.45) is 0 Å². The monoisotopic (exact) mass is 214 g/mol. The first-order valence-corrected chi connectivity index (χ1v) is 4.47. The Morgan fingerprint density at radius 2 is 1.86 bits per heavy atom. The maximum absolute atomic E-state index is 12.4. The summed E-state index contributed by atoms with van der Waals surface area (Å²) in [6, 6.07) is 6.75. The number of rotatable bonds is 1. The highest BCUT2D eigenvalue weighted by Gasteiger charge is 2.18. The summed E-state index contributed by atoms with van der Waals surface area (Å²) in [4.78, 5) is 0. The van der Waals surface area contributed by atoms with Gasteiger partial charge in [-0.2, -0.15) is 0 Å². The minimum absolute atomic E-state index is 0.421. The molecule has 1 rings (SSSR count). The Balaban J connectivity index is 2.64. The van der Waals surface area contributed by atoms with Crippen molar-refractivity contribution in [3.05, 3.63) is 34.9 Å². The quantitative estimate of drug-likeness (QED) is 0.625. The van der Waals surface area contributed by atoms with Crippen molar-refractivity contribution in [3.63, 3.8) is 0 Å². The van der Waals surface area contributed by atoms with Crippen molar-refractivity contribution < 1.29 is 8.78 Å². The van der Waals surface area contributed by atoms with Crippen LogP contribution in [-0.4, -0.2) is 5.92 Å². The highest BCUT2D eigenvalue weighted by Crippen LogP contribution is 2.15. The number of hydrogen-bond donors (Lipinski definition) is 0. The Morgan fingerprint density at radius 3 is 2.36 bits per heavy atom. The normalized spacial score (nSPS) is 10.6. The van der Waals surface area contributed by atoms with E-state index in [4.69, 9.17) is 11.6 Å². The van der Waals surface area contributed by atoms with E-state index in [1.165, 1.54) is 0 Å². The summed E-state index contributed by atoms with van der Waals surface area (Å²) in [5.74, 6) is 2.33. The van der Waals surface area contributed by atoms with E-state index in [0.29, 0.717) is 10.6 Å². The first-order chi connectivity index (χ1) is 6.47. The van der Waals surface area contributed by atoms with Gasteiger partial charge in [-0.3, -0.25) is 0 Å². The minimum Gasteiger partial charge on any atom is -0.206 e. The van der Waals surface area contributed by atoms with E-state index >= 15 is 0 Å². The molecule has 74 valence electrons. The lowest BCUT2D eigenvalue weighted by molar-refractivity contribution is 0.0278. The van der Waals surface area contributed by atoms with Crippen LogP contribution in [0.2, 0.25) is 5.02 Å². The largest absolute Gasteiger partial charge is 0.256 e. The van der Waals surface area contributed by atoms with Crippen molar-refractivity contribution in [2.45, 2.75) is 19.3 Å². The fraction of sp³-hybridized carbons (Fsp3) is 0.273. The maximum Gasteiger partial charge on any atom is 0.256 e. The topological polar surface area (TPSA) is 0 Å². The van der Waals surface area contributed by atoms with Gasteiger partial charge in [0, 0.05) is 17.5 Å². The summed E-state index contributed by atoms with van der Waals surface area (Å²) in [5, 5.41) is 0.608. The van der Waals surface area contributed by atoms with E-state index in [0.717, 1.165) is 6.92 Å². The average molecular weight is 215 g/mol. The van der Waals surface area contributed by atoms with Gasteiger partial charge in [0.25, 0.3) is 5.92 Å². The second-order valence-electron chi connectivity index (χ2n) is 3.06. The molecule has 0 radical (unpaired) electrons. The number of hydrogen-bond acceptors (Lipinski definition) is 0. The van der Waals surface area contributed by atoms with Crippen molar-refractivity contribution in [2.75, 3.05) is 0 Å². The molecule has 14 heavy (non-hydrogen) atoms. The van der Waals surface area contributed by atoms with Crippen LogP contribution < -0.4 is 0 Å². The smallest absolute Gasteiger partial charge is 0.206 e. The van der Waals surface area contributed by atoms with Gasteiger partial charge in [-0.25, -0.2) is 8.78 Å². The molecule has 0 unspecified atom stereocenters. The molecule has 0 atom stereocenters. The Morgan fingerprint density at radius 1 is 1.29 bits per heavy atom. The van der Waals surface area contributed by atoms with Crippen LogP contribution in [0.1, 0.15) is 18.9 Å². The third kappa shape index (κ3) is 4.25. The molecule has 1 aromatic carbocycles. The molecule has 0 saturated heterocycles. The zero-order chi connectivity index (χ0) is 10.6. The SMILES string of the molecule is CC(F)(F)CC#Cc1ccc(Cl)cc1. The molecule has 1 aromatic rings. The third-order valence-corrected chi connectivity index (χ3v) is 1.73. The molecule has 0 fully saturated rings. The lowest BCUT2D eigenvalue weighted by Crippen LogP contribution is -2.06. The molecule has 0 aliphatic carbocycles. The average Bonchev–Trinajstić information content (AvgIpc) is 2.06. The molecule has 0 amide bonds. The van der Waals surface area contributed by atoms with Gasteiger partial charge >= 0.3 is 0 Å². The molecule has 0 spiro atoms. The minimum atomic E-state index is -2.72. The lowest BCUT2D eigenvalue weighted by Gasteiger charge is -2.02. The number of alkyl halides is 2. The first-order valence-electron chi connectivity index (χ1n) is 4.10. The van der Waals surface area contributed by atoms with Gasteiger partial charge in [0.2, 0.25) is 0 Å². The van der Waals surface area contributed by atoms with Crippen molar-refractivity contribution in [1.82, 2.24) is 0 Å². The molecule has 0 N–H and O–H groups in total. The summed E-state index contributed by atoms with van der Waals surface area (Å²) < 4.78 is 24.7. The Labute approximate surface area is 86.9 Å². The van der Waals surface area contributed by atoms with E-state index in [-0.39, 0.29) is 0 Å². The zero-order valence-corrected chi connectivity index (χ0v) is 8.41. The highest BCUT2D eigenvalue weighted by atomic mass is 35.5. The van der Waals surface area contributed by atoms with E-state index in [1.54, 1.807) is 24.3 Å². The lowest BCUT2D eigenvalue weighted by atomic mass is 10.2. The Bertz CT molecular complexity index is 352. The van der Waals surface area contributed by atoms with Crippen LogP contribution >= 0.6 is 11.6 Å². The standard InChI is InChI=1S/C11H9ClF2/c1-11(13,14)8-2-3-9-4-6-10(12)7-5-9/h4-7H,8H2,1H3. The van der Waals surface area contributed by atoms with Gasteiger partial charge < -0.3 is 0 Å². The van der Waals surface area contributed by atoms with E-state index in [9.17, 15) is 8.78 Å². The third-order valence-electron chi connectivity index (χ3n) is 1.48. The molecule has 0 nitrogen and oxygen atoms in total. The predicted octanol–water partition coefficient (Wildman–Crippen LogP) is 3.74. The van der Waals surface area contributed by atoms with Crippen LogP contribution in [0.25, 0.3) is 0 Å². The van der Waals surface area contributed by atoms with Crippen LogP contribution in [0, 0.1) is 11.8 Å². The highest BCUT2D eigenvalue weighted by molar-refractivity contribution is 6.30. The van der Waals surface area contributed by atoms with Crippen LogP contribution in [0.5, 0.6) is 0 Å². The van der Waals surface area contributed by atoms with Crippen LogP contribution in [0.15, 0.2) is 24.3 Å². The van der Waals surface area contributed by atoms with Crippen LogP contribution in [0.3, 0.4) is 0 Å². The maximum atomic E-state index is 12.4. The van der Waals surface area contributed by atoms with Gasteiger partial charge in [-0.15, -0.1) is 0 Å².